The van der Waals surface area contributed by atoms with Crippen LogP contribution in [0.3, 0.4) is 0 Å². The minimum absolute atomic E-state index is 0.130. The van der Waals surface area contributed by atoms with Crippen molar-refractivity contribution >= 4 is 51.7 Å². The Bertz CT molecular complexity index is 2600. The summed E-state index contributed by atoms with van der Waals surface area (Å²) in [6.45, 7) is 8.88. The normalized spacial score (nSPS) is 14.1. The van der Waals surface area contributed by atoms with Gasteiger partial charge in [0.15, 0.2) is 17.9 Å². The van der Waals surface area contributed by atoms with Gasteiger partial charge in [0.2, 0.25) is 17.8 Å². The van der Waals surface area contributed by atoms with E-state index >= 15 is 0 Å². The maximum absolute atomic E-state index is 13.8. The number of hydrogen-bond donors (Lipinski definition) is 6. The van der Waals surface area contributed by atoms with Crippen LogP contribution in [0.15, 0.2) is 46.9 Å². The fourth-order valence-corrected chi connectivity index (χ4v) is 7.08. The fourth-order valence-electron chi connectivity index (χ4n) is 7.08. The van der Waals surface area contributed by atoms with Crippen LogP contribution in [0.1, 0.15) is 80.7 Å². The maximum Gasteiger partial charge on any atom is 0.276 e. The number of primary amides is 1. The van der Waals surface area contributed by atoms with Gasteiger partial charge in [0.05, 0.1) is 55.5 Å². The third-order valence-electron chi connectivity index (χ3n) is 9.82. The van der Waals surface area contributed by atoms with Crippen LogP contribution in [0, 0.1) is 13.8 Å². The Morgan fingerprint density at radius 2 is 1.54 bits per heavy atom. The third kappa shape index (κ3) is 9.20. The second-order valence-electron chi connectivity index (χ2n) is 14.1. The largest absolute Gasteiger partial charge is 0.491 e. The van der Waals surface area contributed by atoms with E-state index in [2.05, 4.69) is 26.0 Å². The van der Waals surface area contributed by atoms with E-state index in [1.54, 1.807) is 51.1 Å². The zero-order valence-corrected chi connectivity index (χ0v) is 34.4. The smallest absolute Gasteiger partial charge is 0.276 e. The number of anilines is 2. The lowest BCUT2D eigenvalue weighted by Gasteiger charge is -2.15. The van der Waals surface area contributed by atoms with Crippen molar-refractivity contribution in [2.75, 3.05) is 50.2 Å². The molecule has 0 fully saturated rings. The van der Waals surface area contributed by atoms with E-state index in [1.165, 1.54) is 0 Å². The molecule has 0 spiro atoms. The average molecular weight is 840 g/mol. The number of rotatable bonds is 14. The molecule has 2 aromatic carbocycles. The van der Waals surface area contributed by atoms with Crippen molar-refractivity contribution in [2.45, 2.75) is 66.4 Å². The Labute approximate surface area is 349 Å². The second-order valence-corrected chi connectivity index (χ2v) is 14.1. The van der Waals surface area contributed by atoms with Gasteiger partial charge < -0.3 is 54.3 Å². The van der Waals surface area contributed by atoms with E-state index in [4.69, 9.17) is 39.4 Å². The number of nitrogens with two attached hydrogens (primary N) is 1. The number of nitrogens with one attached hydrogen (secondary N) is 3. The number of amides is 3. The highest BCUT2D eigenvalue weighted by Crippen LogP contribution is 2.34. The van der Waals surface area contributed by atoms with Crippen molar-refractivity contribution in [1.82, 2.24) is 39.2 Å². The highest BCUT2D eigenvalue weighted by atomic mass is 16.5. The van der Waals surface area contributed by atoms with Crippen molar-refractivity contribution in [1.29, 1.82) is 0 Å². The van der Waals surface area contributed by atoms with E-state index < -0.39 is 23.9 Å². The SMILES string of the molecule is CCc1nc(C)oc1C(O)Nc1nc2cc(C(N)=O)cc3c2n1C/C=C/Cn1c(NC(=O)c2cc(C)nn2CC)nc2cc(C(=O)NCCOCCO)cc(c21)OCCCO3. The molecule has 5 heterocycles. The lowest BCUT2D eigenvalue weighted by atomic mass is 10.1. The highest BCUT2D eigenvalue weighted by molar-refractivity contribution is 6.04. The quantitative estimate of drug-likeness (QED) is 0.0522. The summed E-state index contributed by atoms with van der Waals surface area (Å²) in [6.07, 6.45) is 3.31. The van der Waals surface area contributed by atoms with Crippen molar-refractivity contribution < 1.29 is 43.2 Å². The molecule has 1 unspecified atom stereocenters. The van der Waals surface area contributed by atoms with Crippen LogP contribution in [0.4, 0.5) is 11.9 Å². The van der Waals surface area contributed by atoms with E-state index in [0.29, 0.717) is 75.9 Å². The monoisotopic (exact) mass is 839 g/mol. The van der Waals surface area contributed by atoms with Crippen LogP contribution < -0.4 is 31.2 Å². The summed E-state index contributed by atoms with van der Waals surface area (Å²) in [4.78, 5) is 53.6. The van der Waals surface area contributed by atoms with Crippen LogP contribution >= 0.6 is 0 Å². The van der Waals surface area contributed by atoms with Gasteiger partial charge in [-0.15, -0.1) is 0 Å². The summed E-state index contributed by atoms with van der Waals surface area (Å²) in [5.41, 5.74) is 9.64. The Balaban J connectivity index is 1.29. The summed E-state index contributed by atoms with van der Waals surface area (Å²) < 4.78 is 28.9. The Hall–Kier alpha value is -6.77. The number of aliphatic hydroxyl groups is 2. The molecule has 1 atom stereocenters. The predicted molar refractivity (Wildman–Crippen MR) is 223 cm³/mol. The molecular weight excluding hydrogens is 791 g/mol. The first-order chi connectivity index (χ1) is 29.5. The molecule has 7 N–H and O–H groups in total. The van der Waals surface area contributed by atoms with E-state index in [9.17, 15) is 19.5 Å². The summed E-state index contributed by atoms with van der Waals surface area (Å²) in [7, 11) is 0. The fraction of sp³-hybridized carbons (Fsp3) is 0.390. The number of oxazole rings is 1. The third-order valence-corrected chi connectivity index (χ3v) is 9.82. The molecule has 61 heavy (non-hydrogen) atoms. The van der Waals surface area contributed by atoms with Gasteiger partial charge in [0.25, 0.3) is 11.8 Å². The zero-order chi connectivity index (χ0) is 43.2. The molecule has 1 aliphatic rings. The molecule has 0 bridgehead atoms. The van der Waals surface area contributed by atoms with Gasteiger partial charge >= 0.3 is 0 Å². The molecule has 20 heteroatoms. The van der Waals surface area contributed by atoms with E-state index in [0.717, 1.165) is 0 Å². The molecular formula is C41H49N11O9. The molecule has 4 aromatic heterocycles. The van der Waals surface area contributed by atoms with E-state index in [-0.39, 0.29) is 81.5 Å². The molecule has 322 valence electrons. The van der Waals surface area contributed by atoms with Crippen molar-refractivity contribution in [2.24, 2.45) is 5.73 Å². The Kier molecular flexibility index (Phi) is 13.0. The number of aliphatic hydroxyl groups excluding tert-OH is 2. The molecule has 20 nitrogen and oxygen atoms in total. The molecule has 7 rings (SSSR count). The molecule has 6 aromatic rings. The lowest BCUT2D eigenvalue weighted by Crippen LogP contribution is -2.27. The van der Waals surface area contributed by atoms with Crippen molar-refractivity contribution in [3.8, 4) is 11.5 Å². The summed E-state index contributed by atoms with van der Waals surface area (Å²) >= 11 is 0. The molecule has 0 saturated carbocycles. The number of allylic oxidation sites excluding steroid dienone is 2. The number of hydrogen-bond acceptors (Lipinski definition) is 14. The van der Waals surface area contributed by atoms with Crippen molar-refractivity contribution in [3.63, 3.8) is 0 Å². The maximum atomic E-state index is 13.8. The van der Waals surface area contributed by atoms with Crippen molar-refractivity contribution in [3.05, 3.63) is 82.3 Å². The minimum Gasteiger partial charge on any atom is -0.491 e. The van der Waals surface area contributed by atoms with Gasteiger partial charge in [-0.25, -0.2) is 15.0 Å². The van der Waals surface area contributed by atoms with Crippen LogP contribution in [-0.2, 0) is 30.8 Å². The first kappa shape index (κ1) is 42.4. The number of nitrogens with zero attached hydrogens (tertiary/aromatic N) is 7. The van der Waals surface area contributed by atoms with E-state index in [1.807, 2.05) is 32.9 Å². The summed E-state index contributed by atoms with van der Waals surface area (Å²) in [6, 6.07) is 8.06. The molecule has 0 radical (unpaired) electrons. The summed E-state index contributed by atoms with van der Waals surface area (Å²) in [5, 5.41) is 33.6. The van der Waals surface area contributed by atoms with Gasteiger partial charge in [-0.05, 0) is 50.6 Å². The number of ether oxygens (including phenoxy) is 3. The first-order valence-electron chi connectivity index (χ1n) is 20.0. The van der Waals surface area contributed by atoms with Crippen LogP contribution in [-0.4, -0.2) is 101 Å². The lowest BCUT2D eigenvalue weighted by molar-refractivity contribution is 0.0837. The minimum atomic E-state index is -1.32. The number of carbonyl (C=O) groups excluding carboxylic acids is 3. The highest BCUT2D eigenvalue weighted by Gasteiger charge is 2.25. The van der Waals surface area contributed by atoms with Crippen LogP contribution in [0.2, 0.25) is 0 Å². The standard InChI is InChI=1S/C41H49N11O9/c1-5-27-35(61-24(4)44-27)39(57)48-41-45-28-19-25(36(42)54)21-31-33(28)51(41)12-8-7-11-50-34-29(46-40(50)47-38(56)30-18-23(3)49-52(30)6-2)20-26(22-32(34)60-15-9-14-59-31)37(55)43-10-16-58-17-13-53/h7-8,18-22,39,53,57H,5-6,9-17H2,1-4H3,(H2,42,54)(H,43,55)(H,45,48)(H,46,47,56)/b8-7+. The molecule has 0 saturated heterocycles. The number of benzene rings is 2. The first-order valence-corrected chi connectivity index (χ1v) is 20.0. The van der Waals surface area contributed by atoms with Gasteiger partial charge in [-0.3, -0.25) is 24.4 Å². The second kappa shape index (κ2) is 18.7. The topological polar surface area (TPSA) is 261 Å². The number of aromatic nitrogens is 7. The average Bonchev–Trinajstić information content (AvgIpc) is 4.00. The van der Waals surface area contributed by atoms with Gasteiger partial charge in [0, 0.05) is 50.7 Å². The molecule has 0 aliphatic carbocycles. The molecule has 1 aliphatic heterocycles. The number of carbonyl (C=O) groups is 3. The van der Waals surface area contributed by atoms with Crippen LogP contribution in [0.25, 0.3) is 22.1 Å². The summed E-state index contributed by atoms with van der Waals surface area (Å²) in [5.74, 6) is 0.287. The van der Waals surface area contributed by atoms with Gasteiger partial charge in [-0.2, -0.15) is 5.10 Å². The number of aryl methyl sites for hydroxylation is 4. The Morgan fingerprint density at radius 3 is 2.20 bits per heavy atom. The predicted octanol–water partition coefficient (Wildman–Crippen LogP) is 3.38. The van der Waals surface area contributed by atoms with Crippen LogP contribution in [0.5, 0.6) is 11.5 Å². The molecule has 3 amide bonds. The number of imidazole rings is 2. The van der Waals surface area contributed by atoms with Gasteiger partial charge in [-0.1, -0.05) is 19.1 Å². The zero-order valence-electron chi connectivity index (χ0n) is 34.4. The van der Waals surface area contributed by atoms with Gasteiger partial charge in [0.1, 0.15) is 28.2 Å². The Morgan fingerprint density at radius 1 is 0.885 bits per heavy atom.